The zero-order valence-corrected chi connectivity index (χ0v) is 15.3. The third-order valence-corrected chi connectivity index (χ3v) is 5.08. The van der Waals surface area contributed by atoms with Crippen LogP contribution in [0.2, 0.25) is 5.02 Å². The Kier molecular flexibility index (Phi) is 3.77. The van der Waals surface area contributed by atoms with E-state index >= 15 is 0 Å². The molecule has 0 saturated carbocycles. The Morgan fingerprint density at radius 2 is 1.68 bits per heavy atom. The van der Waals surface area contributed by atoms with E-state index in [1.54, 1.807) is 36.4 Å². The molecule has 5 rings (SSSR count). The highest BCUT2D eigenvalue weighted by molar-refractivity contribution is 6.30. The second-order valence-corrected chi connectivity index (χ2v) is 6.93. The van der Waals surface area contributed by atoms with E-state index in [2.05, 4.69) is 4.98 Å². The molecule has 0 radical (unpaired) electrons. The van der Waals surface area contributed by atoms with Crippen molar-refractivity contribution in [1.29, 1.82) is 0 Å². The summed E-state index contributed by atoms with van der Waals surface area (Å²) < 4.78 is 5.88. The van der Waals surface area contributed by atoms with Crippen LogP contribution >= 0.6 is 11.6 Å². The maximum Gasteiger partial charge on any atom is 0.296 e. The van der Waals surface area contributed by atoms with Crippen LogP contribution in [0, 0.1) is 0 Å². The van der Waals surface area contributed by atoms with E-state index < -0.39 is 11.9 Å². The van der Waals surface area contributed by atoms with Gasteiger partial charge in [0.2, 0.25) is 5.76 Å². The number of carbonyl (C=O) groups excluding carboxylic acids is 1. The highest BCUT2D eigenvalue weighted by Crippen LogP contribution is 2.40. The van der Waals surface area contributed by atoms with Gasteiger partial charge in [0, 0.05) is 6.20 Å². The molecular weight excluding hydrogens is 376 g/mol. The standard InChI is InChI=1S/C22H13ClN2O3/c23-14-10-11-17(24-12-14)25-19(13-6-2-1-3-7-13)18-20(26)15-8-4-5-9-16(15)28-21(18)22(25)27/h1-12,19H. The van der Waals surface area contributed by atoms with Gasteiger partial charge < -0.3 is 4.42 Å². The molecule has 0 aliphatic carbocycles. The molecule has 136 valence electrons. The molecule has 0 N–H and O–H groups in total. The van der Waals surface area contributed by atoms with Crippen LogP contribution in [-0.2, 0) is 0 Å². The summed E-state index contributed by atoms with van der Waals surface area (Å²) in [5, 5.41) is 0.907. The molecule has 0 bridgehead atoms. The summed E-state index contributed by atoms with van der Waals surface area (Å²) in [7, 11) is 0. The summed E-state index contributed by atoms with van der Waals surface area (Å²) in [5.74, 6) is 0.0499. The number of fused-ring (bicyclic) bond motifs is 2. The van der Waals surface area contributed by atoms with Gasteiger partial charge in [0.25, 0.3) is 5.91 Å². The first-order chi connectivity index (χ1) is 13.6. The molecule has 6 heteroatoms. The topological polar surface area (TPSA) is 63.4 Å². The lowest BCUT2D eigenvalue weighted by Crippen LogP contribution is -2.30. The molecule has 3 heterocycles. The maximum atomic E-state index is 13.3. The average Bonchev–Trinajstić information content (AvgIpc) is 3.02. The Bertz CT molecular complexity index is 1270. The van der Waals surface area contributed by atoms with Gasteiger partial charge in [0.15, 0.2) is 5.43 Å². The summed E-state index contributed by atoms with van der Waals surface area (Å²) in [6.07, 6.45) is 1.47. The van der Waals surface area contributed by atoms with Gasteiger partial charge in [-0.25, -0.2) is 4.98 Å². The van der Waals surface area contributed by atoms with Gasteiger partial charge in [-0.15, -0.1) is 0 Å². The number of nitrogens with zero attached hydrogens (tertiary/aromatic N) is 2. The number of halogens is 1. The predicted octanol–water partition coefficient (Wildman–Crippen LogP) is 4.59. The number of carbonyl (C=O) groups is 1. The van der Waals surface area contributed by atoms with Gasteiger partial charge in [-0.1, -0.05) is 54.1 Å². The summed E-state index contributed by atoms with van der Waals surface area (Å²) in [4.78, 5) is 32.4. The Morgan fingerprint density at radius 1 is 0.929 bits per heavy atom. The molecule has 2 aromatic carbocycles. The number of para-hydroxylation sites is 1. The van der Waals surface area contributed by atoms with E-state index in [-0.39, 0.29) is 11.2 Å². The molecule has 0 saturated heterocycles. The normalized spacial score (nSPS) is 15.8. The molecule has 1 unspecified atom stereocenters. The van der Waals surface area contributed by atoms with Gasteiger partial charge in [0.05, 0.1) is 22.0 Å². The van der Waals surface area contributed by atoms with Gasteiger partial charge in [-0.2, -0.15) is 0 Å². The van der Waals surface area contributed by atoms with E-state index in [9.17, 15) is 9.59 Å². The molecule has 1 aliphatic heterocycles. The van der Waals surface area contributed by atoms with Crippen molar-refractivity contribution >= 4 is 34.3 Å². The minimum Gasteiger partial charge on any atom is -0.450 e. The van der Waals surface area contributed by atoms with Crippen molar-refractivity contribution in [3.8, 4) is 0 Å². The summed E-state index contributed by atoms with van der Waals surface area (Å²) in [6, 6.07) is 19.0. The van der Waals surface area contributed by atoms with Crippen LogP contribution in [0.4, 0.5) is 5.82 Å². The van der Waals surface area contributed by atoms with Crippen LogP contribution < -0.4 is 10.3 Å². The highest BCUT2D eigenvalue weighted by Gasteiger charge is 2.44. The quantitative estimate of drug-likeness (QED) is 0.503. The number of amides is 1. The molecule has 2 aromatic heterocycles. The smallest absolute Gasteiger partial charge is 0.296 e. The number of rotatable bonds is 2. The van der Waals surface area contributed by atoms with Crippen molar-refractivity contribution < 1.29 is 9.21 Å². The first-order valence-electron chi connectivity index (χ1n) is 8.71. The lowest BCUT2D eigenvalue weighted by molar-refractivity contribution is 0.0970. The Hall–Kier alpha value is -3.44. The van der Waals surface area contributed by atoms with Crippen molar-refractivity contribution in [2.45, 2.75) is 6.04 Å². The molecule has 4 aromatic rings. The number of pyridine rings is 1. The zero-order valence-electron chi connectivity index (χ0n) is 14.5. The van der Waals surface area contributed by atoms with E-state index in [1.807, 2.05) is 30.3 Å². The van der Waals surface area contributed by atoms with Crippen molar-refractivity contribution in [3.63, 3.8) is 0 Å². The van der Waals surface area contributed by atoms with Crippen LogP contribution in [-0.4, -0.2) is 10.9 Å². The van der Waals surface area contributed by atoms with Crippen molar-refractivity contribution in [2.24, 2.45) is 0 Å². The van der Waals surface area contributed by atoms with Crippen LogP contribution in [0.15, 0.2) is 82.1 Å². The zero-order chi connectivity index (χ0) is 19.3. The Morgan fingerprint density at radius 3 is 2.43 bits per heavy atom. The largest absolute Gasteiger partial charge is 0.450 e. The second kappa shape index (κ2) is 6.32. The first-order valence-corrected chi connectivity index (χ1v) is 9.09. The summed E-state index contributed by atoms with van der Waals surface area (Å²) >= 11 is 5.96. The van der Waals surface area contributed by atoms with E-state index in [4.69, 9.17) is 16.0 Å². The fraction of sp³-hybridized carbons (Fsp3) is 0.0455. The molecule has 0 fully saturated rings. The molecule has 5 nitrogen and oxygen atoms in total. The van der Waals surface area contributed by atoms with E-state index in [1.165, 1.54) is 11.1 Å². The highest BCUT2D eigenvalue weighted by atomic mass is 35.5. The second-order valence-electron chi connectivity index (χ2n) is 6.49. The van der Waals surface area contributed by atoms with Crippen LogP contribution in [0.5, 0.6) is 0 Å². The summed E-state index contributed by atoms with van der Waals surface area (Å²) in [6.45, 7) is 0. The number of anilines is 1. The van der Waals surface area contributed by atoms with Crippen LogP contribution in [0.1, 0.15) is 27.7 Å². The van der Waals surface area contributed by atoms with E-state index in [0.29, 0.717) is 27.4 Å². The number of aromatic nitrogens is 1. The SMILES string of the molecule is O=C1c2oc3ccccc3c(=O)c2C(c2ccccc2)N1c1ccc(Cl)cn1. The molecule has 1 atom stereocenters. The van der Waals surface area contributed by atoms with Gasteiger partial charge in [-0.3, -0.25) is 14.5 Å². The number of benzene rings is 2. The average molecular weight is 389 g/mol. The van der Waals surface area contributed by atoms with Crippen LogP contribution in [0.3, 0.4) is 0 Å². The lowest BCUT2D eigenvalue weighted by atomic mass is 9.98. The van der Waals surface area contributed by atoms with Gasteiger partial charge in [-0.05, 0) is 29.8 Å². The molecule has 28 heavy (non-hydrogen) atoms. The fourth-order valence-corrected chi connectivity index (χ4v) is 3.73. The third kappa shape index (κ3) is 2.44. The van der Waals surface area contributed by atoms with Gasteiger partial charge in [0.1, 0.15) is 11.4 Å². The Balaban J connectivity index is 1.82. The third-order valence-electron chi connectivity index (χ3n) is 4.85. The van der Waals surface area contributed by atoms with E-state index in [0.717, 1.165) is 5.56 Å². The first kappa shape index (κ1) is 16.7. The monoisotopic (exact) mass is 388 g/mol. The lowest BCUT2D eigenvalue weighted by Gasteiger charge is -2.24. The molecule has 0 spiro atoms. The van der Waals surface area contributed by atoms with Crippen LogP contribution in [0.25, 0.3) is 11.0 Å². The number of hydrogen-bond donors (Lipinski definition) is 0. The van der Waals surface area contributed by atoms with Crippen molar-refractivity contribution in [1.82, 2.24) is 4.98 Å². The minimum absolute atomic E-state index is 0.0503. The summed E-state index contributed by atoms with van der Waals surface area (Å²) in [5.41, 5.74) is 1.30. The minimum atomic E-state index is -0.627. The van der Waals surface area contributed by atoms with Gasteiger partial charge >= 0.3 is 0 Å². The number of hydrogen-bond acceptors (Lipinski definition) is 4. The fourth-order valence-electron chi connectivity index (χ4n) is 3.62. The van der Waals surface area contributed by atoms with Crippen molar-refractivity contribution in [3.05, 3.63) is 105 Å². The predicted molar refractivity (Wildman–Crippen MR) is 107 cm³/mol. The molecular formula is C22H13ClN2O3. The maximum absolute atomic E-state index is 13.3. The van der Waals surface area contributed by atoms with Crippen molar-refractivity contribution in [2.75, 3.05) is 4.90 Å². The molecule has 1 aliphatic rings. The molecule has 1 amide bonds. The Labute approximate surface area is 164 Å².